The van der Waals surface area contributed by atoms with Crippen molar-refractivity contribution in [1.29, 1.82) is 0 Å². The molecule has 0 bridgehead atoms. The Morgan fingerprint density at radius 1 is 1.00 bits per heavy atom. The predicted octanol–water partition coefficient (Wildman–Crippen LogP) is 3.57. The van der Waals surface area contributed by atoms with Crippen molar-refractivity contribution < 1.29 is 27.5 Å². The number of nitrogens with one attached hydrogen (secondary N) is 2. The molecule has 0 aliphatic rings. The highest BCUT2D eigenvalue weighted by Gasteiger charge is 2.19. The highest BCUT2D eigenvalue weighted by Crippen LogP contribution is 2.34. The lowest BCUT2D eigenvalue weighted by atomic mass is 10.1. The van der Waals surface area contributed by atoms with Crippen LogP contribution in [0.25, 0.3) is 11.1 Å². The Balaban J connectivity index is 2.05. The first-order chi connectivity index (χ1) is 18.3. The molecule has 170 valence electrons. The molecule has 2 N–H and O–H groups in total. The fraction of sp³-hybridized carbons (Fsp3) is 0.263. The van der Waals surface area contributed by atoms with Crippen molar-refractivity contribution in [2.75, 3.05) is 24.5 Å². The van der Waals surface area contributed by atoms with Gasteiger partial charge < -0.3 is 9.47 Å². The Labute approximate surface area is 212 Å². The second-order valence-corrected chi connectivity index (χ2v) is 8.87. The monoisotopic (exact) mass is 593 g/mol. The Kier molecular flexibility index (Phi) is 5.85. The van der Waals surface area contributed by atoms with Crippen LogP contribution < -0.4 is 18.9 Å². The summed E-state index contributed by atoms with van der Waals surface area (Å²) in [6.45, 7) is 1.28. The summed E-state index contributed by atoms with van der Waals surface area (Å²) in [6.07, 6.45) is -0.722. The number of halogens is 2. The lowest BCUT2D eigenvalue weighted by Crippen LogP contribution is -2.31. The third-order valence-corrected chi connectivity index (χ3v) is 5.23. The normalized spacial score (nSPS) is 14.3. The number of ether oxygens (including phenoxy) is 2. The van der Waals surface area contributed by atoms with E-state index in [9.17, 15) is 8.42 Å². The van der Waals surface area contributed by atoms with Crippen molar-refractivity contribution >= 4 is 47.9 Å². The first-order valence-electron chi connectivity index (χ1n) is 12.5. The van der Waals surface area contributed by atoms with Crippen LogP contribution in [0.1, 0.15) is 22.9 Å². The van der Waals surface area contributed by atoms with Gasteiger partial charge in [0.2, 0.25) is 5.88 Å². The van der Waals surface area contributed by atoms with E-state index in [0.29, 0.717) is 6.42 Å². The van der Waals surface area contributed by atoms with Crippen molar-refractivity contribution in [1.82, 2.24) is 24.7 Å². The summed E-state index contributed by atoms with van der Waals surface area (Å²) in [5.41, 5.74) is -0.703. The number of hydrogen-bond acceptors (Lipinski definition) is 8. The van der Waals surface area contributed by atoms with E-state index in [4.69, 9.17) is 19.1 Å². The Morgan fingerprint density at radius 3 is 2.38 bits per heavy atom. The molecule has 10 nitrogen and oxygen atoms in total. The van der Waals surface area contributed by atoms with Crippen molar-refractivity contribution in [3.8, 4) is 23.0 Å². The van der Waals surface area contributed by atoms with Gasteiger partial charge in [0.25, 0.3) is 10.2 Å². The average molecular weight is 595 g/mol. The highest BCUT2D eigenvalue weighted by atomic mass is 79.9. The molecule has 3 aromatic rings. The van der Waals surface area contributed by atoms with Crippen LogP contribution in [-0.4, -0.2) is 48.1 Å². The minimum absolute atomic E-state index is 0.0810. The molecule has 0 unspecified atom stereocenters. The average Bonchev–Trinajstić information content (AvgIpc) is 2.87. The number of nitrogens with zero attached hydrogens (tertiary/aromatic N) is 4. The lowest BCUT2D eigenvalue weighted by Gasteiger charge is -2.15. The smallest absolute Gasteiger partial charge is 0.316 e. The molecule has 0 saturated carbocycles. The molecule has 0 fully saturated rings. The van der Waals surface area contributed by atoms with Crippen LogP contribution in [-0.2, 0) is 10.2 Å². The van der Waals surface area contributed by atoms with Crippen molar-refractivity contribution in [3.05, 3.63) is 51.8 Å². The molecule has 0 aliphatic carbocycles. The lowest BCUT2D eigenvalue weighted by molar-refractivity contribution is 0.202. The molecule has 0 atom stereocenters. The molecule has 2 heterocycles. The van der Waals surface area contributed by atoms with Crippen LogP contribution in [0.3, 0.4) is 0 Å². The summed E-state index contributed by atoms with van der Waals surface area (Å²) in [5.74, 6) is -0.930. The fourth-order valence-electron chi connectivity index (χ4n) is 2.14. The van der Waals surface area contributed by atoms with E-state index in [1.165, 1.54) is 0 Å². The molecule has 0 amide bonds. The first-order valence-corrected chi connectivity index (χ1v) is 12.0. The summed E-state index contributed by atoms with van der Waals surface area (Å²) >= 11 is 6.02. The van der Waals surface area contributed by atoms with Crippen LogP contribution in [0.4, 0.5) is 5.82 Å². The molecule has 1 aromatic carbocycles. The third-order valence-electron chi connectivity index (χ3n) is 3.43. The molecular formula is C19H20Br2N6O4S. The molecule has 13 heteroatoms. The maximum atomic E-state index is 12.6. The second-order valence-electron chi connectivity index (χ2n) is 5.78. The van der Waals surface area contributed by atoms with Gasteiger partial charge in [0, 0.05) is 23.4 Å². The Hall–Kier alpha value is -2.35. The number of hydrogen-bond donors (Lipinski definition) is 2. The molecule has 0 saturated heterocycles. The standard InChI is InChI=1S/C19H20Br2N6O4S/c1-2-7-26-32(28,29)27-17-16(13-3-5-14(20)6-4-13)18(25-12-24-17)30-8-9-31-19-22-10-15(21)11-23-19/h3-6,10-12,26H,2,7-9H2,1H3,(H,24,25,27)/i3D,4D,5D,6D,10D,11D,12D. The van der Waals surface area contributed by atoms with E-state index in [1.54, 1.807) is 6.92 Å². The van der Waals surface area contributed by atoms with Gasteiger partial charge in [-0.2, -0.15) is 13.1 Å². The zero-order chi connectivity index (χ0) is 29.1. The minimum atomic E-state index is -4.22. The maximum Gasteiger partial charge on any atom is 0.316 e. The SMILES string of the molecule is [2H]c1nc(NS(=O)(=O)NCCC)c(-c2c([2H])c([2H])c(Br)c([2H])c2[2H])c(OCCOc2nc([2H])c(Br)c([2H])n2)n1. The fourth-order valence-corrected chi connectivity index (χ4v) is 3.46. The molecule has 2 aromatic heterocycles. The van der Waals surface area contributed by atoms with Crippen LogP contribution in [0.2, 0.25) is 0 Å². The van der Waals surface area contributed by atoms with Gasteiger partial charge >= 0.3 is 6.01 Å². The number of rotatable bonds is 11. The van der Waals surface area contributed by atoms with Gasteiger partial charge in [0.15, 0.2) is 5.82 Å². The largest absolute Gasteiger partial charge is 0.473 e. The highest BCUT2D eigenvalue weighted by molar-refractivity contribution is 9.10. The van der Waals surface area contributed by atoms with E-state index in [1.807, 2.05) is 0 Å². The predicted molar refractivity (Wildman–Crippen MR) is 127 cm³/mol. The second kappa shape index (κ2) is 11.5. The zero-order valence-corrected chi connectivity index (χ0v) is 20.4. The Morgan fingerprint density at radius 2 is 1.69 bits per heavy atom. The first kappa shape index (κ1) is 16.3. The minimum Gasteiger partial charge on any atom is -0.473 e. The molecule has 32 heavy (non-hydrogen) atoms. The van der Waals surface area contributed by atoms with E-state index < -0.39 is 52.4 Å². The van der Waals surface area contributed by atoms with Crippen molar-refractivity contribution in [3.63, 3.8) is 0 Å². The topological polar surface area (TPSA) is 128 Å². The van der Waals surface area contributed by atoms with E-state index in [-0.39, 0.29) is 58.2 Å². The molecule has 3 rings (SSSR count). The van der Waals surface area contributed by atoms with E-state index >= 15 is 0 Å². The quantitative estimate of drug-likeness (QED) is 0.322. The van der Waals surface area contributed by atoms with Gasteiger partial charge in [-0.25, -0.2) is 19.9 Å². The van der Waals surface area contributed by atoms with Crippen LogP contribution >= 0.6 is 31.9 Å². The van der Waals surface area contributed by atoms with Gasteiger partial charge in [0.1, 0.15) is 20.9 Å². The van der Waals surface area contributed by atoms with Gasteiger partial charge in [0.05, 0.1) is 18.3 Å². The van der Waals surface area contributed by atoms with Crippen molar-refractivity contribution in [2.45, 2.75) is 13.3 Å². The molecule has 0 spiro atoms. The van der Waals surface area contributed by atoms with Crippen LogP contribution in [0.15, 0.2) is 51.8 Å². The molecular weight excluding hydrogens is 568 g/mol. The summed E-state index contributed by atoms with van der Waals surface area (Å²) < 4.78 is 97.1. The number of anilines is 1. The summed E-state index contributed by atoms with van der Waals surface area (Å²) in [7, 11) is -4.22. The number of benzene rings is 1. The maximum absolute atomic E-state index is 12.6. The zero-order valence-electron chi connectivity index (χ0n) is 23.4. The summed E-state index contributed by atoms with van der Waals surface area (Å²) in [6, 6.07) is -2.25. The van der Waals surface area contributed by atoms with Gasteiger partial charge in [-0.05, 0) is 40.0 Å². The van der Waals surface area contributed by atoms with Gasteiger partial charge in [-0.15, -0.1) is 0 Å². The van der Waals surface area contributed by atoms with Crippen molar-refractivity contribution in [2.24, 2.45) is 0 Å². The van der Waals surface area contributed by atoms with E-state index in [0.717, 1.165) is 0 Å². The summed E-state index contributed by atoms with van der Waals surface area (Å²) in [5, 5.41) is 0. The molecule has 0 aliphatic heterocycles. The van der Waals surface area contributed by atoms with Gasteiger partial charge in [-0.1, -0.05) is 34.9 Å². The van der Waals surface area contributed by atoms with Crippen LogP contribution in [0.5, 0.6) is 11.9 Å². The van der Waals surface area contributed by atoms with E-state index in [2.05, 4.69) is 61.2 Å². The van der Waals surface area contributed by atoms with Gasteiger partial charge in [-0.3, -0.25) is 4.72 Å². The summed E-state index contributed by atoms with van der Waals surface area (Å²) in [4.78, 5) is 15.2. The third kappa shape index (κ3) is 7.08. The van der Waals surface area contributed by atoms with Crippen LogP contribution in [0, 0.1) is 0 Å². The molecule has 0 radical (unpaired) electrons. The number of aromatic nitrogens is 4. The Bertz CT molecular complexity index is 1470.